The number of hydrogen-bond acceptors (Lipinski definition) is 6. The van der Waals surface area contributed by atoms with Gasteiger partial charge in [0.15, 0.2) is 5.69 Å². The van der Waals surface area contributed by atoms with Gasteiger partial charge in [0.2, 0.25) is 5.95 Å². The highest BCUT2D eigenvalue weighted by atomic mass is 19.4. The summed E-state index contributed by atoms with van der Waals surface area (Å²) in [7, 11) is 1.43. The number of hydrogen-bond donors (Lipinski definition) is 3. The van der Waals surface area contributed by atoms with Gasteiger partial charge in [-0.3, -0.25) is 0 Å². The summed E-state index contributed by atoms with van der Waals surface area (Å²) in [5.41, 5.74) is -2.17. The first kappa shape index (κ1) is 15.8. The van der Waals surface area contributed by atoms with Crippen LogP contribution in [0.1, 0.15) is 19.0 Å². The Balaban J connectivity index is 2.16. The van der Waals surface area contributed by atoms with Gasteiger partial charge in [-0.15, -0.1) is 0 Å². The smallest absolute Gasteiger partial charge is 0.385 e. The molecule has 2 rings (SSSR count). The number of anilines is 2. The van der Waals surface area contributed by atoms with Crippen molar-refractivity contribution in [2.45, 2.75) is 31.2 Å². The second-order valence-corrected chi connectivity index (χ2v) is 4.93. The van der Waals surface area contributed by atoms with E-state index in [1.54, 1.807) is 6.92 Å². The highest BCUT2D eigenvalue weighted by Crippen LogP contribution is 2.30. The number of aliphatic hydroxyl groups is 1. The molecular formula is C12H17F3N4O2. The van der Waals surface area contributed by atoms with E-state index in [0.717, 1.165) is 6.07 Å². The van der Waals surface area contributed by atoms with Crippen LogP contribution in [0.15, 0.2) is 6.07 Å². The van der Waals surface area contributed by atoms with Crippen molar-refractivity contribution in [3.63, 3.8) is 0 Å². The van der Waals surface area contributed by atoms with E-state index in [1.165, 1.54) is 7.05 Å². The molecule has 0 amide bonds. The highest BCUT2D eigenvalue weighted by molar-refractivity contribution is 5.43. The van der Waals surface area contributed by atoms with Crippen LogP contribution < -0.4 is 10.6 Å². The van der Waals surface area contributed by atoms with Crippen LogP contribution in [0.25, 0.3) is 0 Å². The lowest BCUT2D eigenvalue weighted by molar-refractivity contribution is -0.141. The Labute approximate surface area is 119 Å². The summed E-state index contributed by atoms with van der Waals surface area (Å²) in [5.74, 6) is -0.149. The summed E-state index contributed by atoms with van der Waals surface area (Å²) in [5, 5.41) is 15.5. The highest BCUT2D eigenvalue weighted by Gasteiger charge is 2.39. The fourth-order valence-corrected chi connectivity index (χ4v) is 2.04. The van der Waals surface area contributed by atoms with Gasteiger partial charge in [0.05, 0.1) is 6.10 Å². The van der Waals surface area contributed by atoms with E-state index >= 15 is 0 Å². The molecule has 118 valence electrons. The van der Waals surface area contributed by atoms with Gasteiger partial charge < -0.3 is 20.5 Å². The van der Waals surface area contributed by atoms with Crippen LogP contribution in [-0.2, 0) is 10.9 Å². The SMILES string of the molecule is CNc1nc(NCC2(O)CCOC2C)cc(C(F)(F)F)n1. The first-order chi connectivity index (χ1) is 9.74. The van der Waals surface area contributed by atoms with Crippen molar-refractivity contribution in [2.75, 3.05) is 30.8 Å². The van der Waals surface area contributed by atoms with Crippen LogP contribution in [0.3, 0.4) is 0 Å². The van der Waals surface area contributed by atoms with Crippen molar-refractivity contribution in [1.82, 2.24) is 9.97 Å². The Morgan fingerprint density at radius 3 is 2.71 bits per heavy atom. The maximum atomic E-state index is 12.7. The summed E-state index contributed by atoms with van der Waals surface area (Å²) >= 11 is 0. The van der Waals surface area contributed by atoms with Gasteiger partial charge in [0, 0.05) is 32.7 Å². The number of alkyl halides is 3. The molecule has 1 saturated heterocycles. The van der Waals surface area contributed by atoms with E-state index < -0.39 is 23.6 Å². The molecule has 1 fully saturated rings. The molecule has 0 saturated carbocycles. The zero-order valence-corrected chi connectivity index (χ0v) is 11.7. The number of nitrogens with one attached hydrogen (secondary N) is 2. The number of aromatic nitrogens is 2. The molecule has 9 heteroatoms. The topological polar surface area (TPSA) is 79.3 Å². The van der Waals surface area contributed by atoms with Gasteiger partial charge in [-0.25, -0.2) is 4.98 Å². The molecule has 0 bridgehead atoms. The van der Waals surface area contributed by atoms with Gasteiger partial charge in [-0.1, -0.05) is 0 Å². The van der Waals surface area contributed by atoms with Crippen molar-refractivity contribution < 1.29 is 23.0 Å². The molecule has 1 aromatic rings. The normalized spacial score (nSPS) is 25.9. The fourth-order valence-electron chi connectivity index (χ4n) is 2.04. The maximum absolute atomic E-state index is 12.7. The van der Waals surface area contributed by atoms with Crippen LogP contribution in [0, 0.1) is 0 Å². The van der Waals surface area contributed by atoms with Crippen LogP contribution in [-0.4, -0.2) is 47.0 Å². The summed E-state index contributed by atoms with van der Waals surface area (Å²) < 4.78 is 43.5. The number of rotatable bonds is 4. The van der Waals surface area contributed by atoms with Gasteiger partial charge >= 0.3 is 6.18 Å². The van der Waals surface area contributed by atoms with E-state index in [-0.39, 0.29) is 18.3 Å². The Morgan fingerprint density at radius 2 is 2.19 bits per heavy atom. The molecule has 2 heterocycles. The van der Waals surface area contributed by atoms with Crippen molar-refractivity contribution in [3.05, 3.63) is 11.8 Å². The Morgan fingerprint density at radius 1 is 1.48 bits per heavy atom. The molecule has 2 unspecified atom stereocenters. The Kier molecular flexibility index (Phi) is 4.24. The quantitative estimate of drug-likeness (QED) is 0.782. The first-order valence-electron chi connectivity index (χ1n) is 6.46. The Hall–Kier alpha value is -1.61. The van der Waals surface area contributed by atoms with Crippen LogP contribution in [0.5, 0.6) is 0 Å². The van der Waals surface area contributed by atoms with Gasteiger partial charge in [0.25, 0.3) is 0 Å². The zero-order valence-electron chi connectivity index (χ0n) is 11.7. The van der Waals surface area contributed by atoms with Gasteiger partial charge in [-0.05, 0) is 6.92 Å². The fraction of sp³-hybridized carbons (Fsp3) is 0.667. The van der Waals surface area contributed by atoms with E-state index in [2.05, 4.69) is 20.6 Å². The molecule has 0 aromatic carbocycles. The second-order valence-electron chi connectivity index (χ2n) is 4.93. The van der Waals surface area contributed by atoms with E-state index in [1.807, 2.05) is 0 Å². The molecule has 2 atom stereocenters. The lowest BCUT2D eigenvalue weighted by Crippen LogP contribution is -2.43. The molecule has 0 aliphatic carbocycles. The maximum Gasteiger partial charge on any atom is 0.433 e. The number of ether oxygens (including phenoxy) is 1. The molecular weight excluding hydrogens is 289 g/mol. The largest absolute Gasteiger partial charge is 0.433 e. The molecule has 1 aliphatic rings. The van der Waals surface area contributed by atoms with Crippen molar-refractivity contribution >= 4 is 11.8 Å². The monoisotopic (exact) mass is 306 g/mol. The molecule has 1 aliphatic heterocycles. The standard InChI is InChI=1S/C12H17F3N4O2/c1-7-11(20,3-4-21-7)6-17-9-5-8(12(13,14)15)18-10(16-2)19-9/h5,7,20H,3-4,6H2,1-2H3,(H2,16,17,18,19). The lowest BCUT2D eigenvalue weighted by atomic mass is 9.97. The predicted octanol–water partition coefficient (Wildman–Crippen LogP) is 1.49. The Bertz CT molecular complexity index is 512. The van der Waals surface area contributed by atoms with E-state index in [9.17, 15) is 18.3 Å². The summed E-state index contributed by atoms with van der Waals surface area (Å²) in [6.07, 6.45) is -4.54. The molecule has 21 heavy (non-hydrogen) atoms. The zero-order chi connectivity index (χ0) is 15.7. The minimum Gasteiger partial charge on any atom is -0.385 e. The minimum absolute atomic E-state index is 0.00537. The van der Waals surface area contributed by atoms with Gasteiger partial charge in [-0.2, -0.15) is 18.2 Å². The number of halogens is 3. The predicted molar refractivity (Wildman–Crippen MR) is 70.1 cm³/mol. The molecule has 0 radical (unpaired) electrons. The molecule has 0 spiro atoms. The van der Waals surface area contributed by atoms with E-state index in [4.69, 9.17) is 4.74 Å². The van der Waals surface area contributed by atoms with Crippen molar-refractivity contribution in [1.29, 1.82) is 0 Å². The third kappa shape index (κ3) is 3.53. The average molecular weight is 306 g/mol. The molecule has 6 nitrogen and oxygen atoms in total. The summed E-state index contributed by atoms with van der Waals surface area (Å²) in [4.78, 5) is 7.26. The van der Waals surface area contributed by atoms with Crippen LogP contribution in [0.4, 0.5) is 24.9 Å². The first-order valence-corrected chi connectivity index (χ1v) is 6.46. The minimum atomic E-state index is -4.56. The van der Waals surface area contributed by atoms with Crippen LogP contribution >= 0.6 is 0 Å². The summed E-state index contributed by atoms with van der Waals surface area (Å²) in [6, 6.07) is 0.810. The van der Waals surface area contributed by atoms with Gasteiger partial charge in [0.1, 0.15) is 11.4 Å². The number of nitrogens with zero attached hydrogens (tertiary/aromatic N) is 2. The van der Waals surface area contributed by atoms with Crippen LogP contribution in [0.2, 0.25) is 0 Å². The second kappa shape index (κ2) is 5.64. The summed E-state index contributed by atoms with van der Waals surface area (Å²) in [6.45, 7) is 2.18. The molecule has 1 aromatic heterocycles. The average Bonchev–Trinajstić information content (AvgIpc) is 2.75. The third-order valence-electron chi connectivity index (χ3n) is 3.48. The van der Waals surface area contributed by atoms with Crippen molar-refractivity contribution in [2.24, 2.45) is 0 Å². The molecule has 3 N–H and O–H groups in total. The third-order valence-corrected chi connectivity index (χ3v) is 3.48. The van der Waals surface area contributed by atoms with E-state index in [0.29, 0.717) is 13.0 Å². The lowest BCUT2D eigenvalue weighted by Gasteiger charge is -2.26. The van der Waals surface area contributed by atoms with Crippen molar-refractivity contribution in [3.8, 4) is 0 Å².